The Bertz CT molecular complexity index is 2160. The highest BCUT2D eigenvalue weighted by Crippen LogP contribution is 2.65. The molecule has 2 saturated heterocycles. The average Bonchev–Trinajstić information content (AvgIpc) is 3.50. The van der Waals surface area contributed by atoms with E-state index in [-0.39, 0.29) is 41.1 Å². The Hall–Kier alpha value is -5.48. The number of halogens is 2. The maximum atomic E-state index is 14.6. The van der Waals surface area contributed by atoms with Gasteiger partial charge in [0.2, 0.25) is 23.6 Å². The normalized spacial score (nSPS) is 26.8. The van der Waals surface area contributed by atoms with Crippen LogP contribution in [0.1, 0.15) is 31.2 Å². The van der Waals surface area contributed by atoms with Gasteiger partial charge in [-0.2, -0.15) is 0 Å². The van der Waals surface area contributed by atoms with Crippen LogP contribution in [-0.4, -0.2) is 35.8 Å². The van der Waals surface area contributed by atoms with E-state index in [9.17, 15) is 28.7 Å². The van der Waals surface area contributed by atoms with E-state index in [1.54, 1.807) is 43.3 Å². The van der Waals surface area contributed by atoms with Crippen LogP contribution >= 0.6 is 11.6 Å². The first-order valence-corrected chi connectivity index (χ1v) is 17.1. The van der Waals surface area contributed by atoms with Crippen molar-refractivity contribution in [3.63, 3.8) is 0 Å². The highest BCUT2D eigenvalue weighted by atomic mass is 35.5. The van der Waals surface area contributed by atoms with Gasteiger partial charge in [0.15, 0.2) is 0 Å². The number of anilines is 4. The first kappa shape index (κ1) is 32.7. The van der Waals surface area contributed by atoms with Crippen LogP contribution < -0.4 is 19.9 Å². The molecule has 4 aromatic carbocycles. The molecule has 258 valence electrons. The Kier molecular flexibility index (Phi) is 7.75. The molecule has 11 heteroatoms. The molecule has 9 nitrogen and oxygen atoms in total. The van der Waals surface area contributed by atoms with Crippen LogP contribution in [0.4, 0.5) is 27.1 Å². The molecule has 4 aromatic rings. The molecule has 4 aliphatic rings. The number of carbonyl (C=O) groups excluding carboxylic acids is 4. The number of allylic oxidation sites excluding steroid dienone is 2. The Labute approximate surface area is 298 Å². The minimum Gasteiger partial charge on any atom is -0.508 e. The second-order valence-corrected chi connectivity index (χ2v) is 14.1. The van der Waals surface area contributed by atoms with E-state index < -0.39 is 52.6 Å². The quantitative estimate of drug-likeness (QED) is 0.159. The number of nitrogens with one attached hydrogen (secondary N) is 1. The van der Waals surface area contributed by atoms with Crippen molar-refractivity contribution < 1.29 is 33.4 Å². The molecular formula is C40H33ClFN3O6. The number of nitrogens with zero attached hydrogens (tertiary/aromatic N) is 2. The van der Waals surface area contributed by atoms with E-state index in [0.29, 0.717) is 22.6 Å². The summed E-state index contributed by atoms with van der Waals surface area (Å²) in [6.45, 7) is 1.70. The number of carbonyl (C=O) groups is 4. The Morgan fingerprint density at radius 2 is 1.55 bits per heavy atom. The number of amides is 4. The van der Waals surface area contributed by atoms with Crippen molar-refractivity contribution in [3.05, 3.63) is 119 Å². The van der Waals surface area contributed by atoms with Crippen LogP contribution in [0, 0.1) is 34.9 Å². The van der Waals surface area contributed by atoms with Gasteiger partial charge in [-0.05, 0) is 92.4 Å². The van der Waals surface area contributed by atoms with Crippen LogP contribution in [0.15, 0.2) is 103 Å². The number of hydrogen-bond donors (Lipinski definition) is 2. The number of imide groups is 2. The van der Waals surface area contributed by atoms with Gasteiger partial charge in [0.05, 0.1) is 46.7 Å². The van der Waals surface area contributed by atoms with E-state index in [2.05, 4.69) is 5.32 Å². The zero-order chi connectivity index (χ0) is 35.8. The maximum absolute atomic E-state index is 14.6. The number of methoxy groups -OCH3 is 1. The van der Waals surface area contributed by atoms with Crippen LogP contribution in [0.25, 0.3) is 0 Å². The van der Waals surface area contributed by atoms with Crippen molar-refractivity contribution in [3.8, 4) is 11.5 Å². The molecule has 6 atom stereocenters. The second-order valence-electron chi connectivity index (χ2n) is 13.7. The van der Waals surface area contributed by atoms with Gasteiger partial charge >= 0.3 is 0 Å². The van der Waals surface area contributed by atoms with Gasteiger partial charge in [0.1, 0.15) is 17.3 Å². The number of aromatic hydroxyl groups is 1. The molecule has 2 heterocycles. The third kappa shape index (κ3) is 4.87. The number of ether oxygens (including phenoxy) is 1. The predicted molar refractivity (Wildman–Crippen MR) is 189 cm³/mol. The number of para-hydroxylation sites is 1. The van der Waals surface area contributed by atoms with Crippen molar-refractivity contribution in [2.45, 2.75) is 25.7 Å². The van der Waals surface area contributed by atoms with Gasteiger partial charge in [-0.1, -0.05) is 47.5 Å². The highest BCUT2D eigenvalue weighted by molar-refractivity contribution is 6.32. The molecule has 0 bridgehead atoms. The molecule has 0 radical (unpaired) electrons. The summed E-state index contributed by atoms with van der Waals surface area (Å²) in [6, 6.07) is 25.1. The van der Waals surface area contributed by atoms with Gasteiger partial charge in [0.25, 0.3) is 0 Å². The number of phenolic OH excluding ortho intramolecular Hbond substituents is 1. The summed E-state index contributed by atoms with van der Waals surface area (Å²) < 4.78 is 19.9. The molecule has 0 aromatic heterocycles. The zero-order valence-corrected chi connectivity index (χ0v) is 28.4. The van der Waals surface area contributed by atoms with Crippen molar-refractivity contribution in [1.29, 1.82) is 0 Å². The first-order chi connectivity index (χ1) is 24.5. The Morgan fingerprint density at radius 1 is 0.843 bits per heavy atom. The monoisotopic (exact) mass is 705 g/mol. The van der Waals surface area contributed by atoms with Gasteiger partial charge in [-0.3, -0.25) is 24.1 Å². The van der Waals surface area contributed by atoms with Gasteiger partial charge in [-0.15, -0.1) is 0 Å². The smallest absolute Gasteiger partial charge is 0.241 e. The van der Waals surface area contributed by atoms with Crippen molar-refractivity contribution in [1.82, 2.24) is 0 Å². The average molecular weight is 706 g/mol. The summed E-state index contributed by atoms with van der Waals surface area (Å²) in [5.41, 5.74) is 1.81. The highest BCUT2D eigenvalue weighted by Gasteiger charge is 2.68. The molecule has 4 amide bonds. The number of phenols is 1. The number of fused-ring (bicyclic) bond motifs is 4. The fourth-order valence-electron chi connectivity index (χ4n) is 8.83. The lowest BCUT2D eigenvalue weighted by atomic mass is 9.51. The molecule has 0 spiro atoms. The lowest BCUT2D eigenvalue weighted by molar-refractivity contribution is -0.131. The first-order valence-electron chi connectivity index (χ1n) is 16.7. The number of rotatable bonds is 6. The summed E-state index contributed by atoms with van der Waals surface area (Å²) in [5.74, 6) is -6.23. The third-order valence-electron chi connectivity index (χ3n) is 11.2. The van der Waals surface area contributed by atoms with Crippen LogP contribution in [0.2, 0.25) is 5.02 Å². The van der Waals surface area contributed by atoms with E-state index in [1.807, 2.05) is 36.4 Å². The van der Waals surface area contributed by atoms with Crippen LogP contribution in [0.5, 0.6) is 11.5 Å². The summed E-state index contributed by atoms with van der Waals surface area (Å²) in [5, 5.41) is 14.4. The zero-order valence-electron chi connectivity index (χ0n) is 27.7. The van der Waals surface area contributed by atoms with Gasteiger partial charge < -0.3 is 15.2 Å². The summed E-state index contributed by atoms with van der Waals surface area (Å²) in [6.07, 6.45) is 2.25. The maximum Gasteiger partial charge on any atom is 0.241 e. The molecule has 1 saturated carbocycles. The Morgan fingerprint density at radius 3 is 2.25 bits per heavy atom. The van der Waals surface area contributed by atoms with Crippen molar-refractivity contribution in [2.75, 3.05) is 22.2 Å². The second kappa shape index (κ2) is 12.1. The molecule has 2 N–H and O–H groups in total. The SMILES string of the molecule is COc1cccc(O)c1[C@H]1C2=CC[C@@H]3C(=O)N(c4ccc(Nc5ccccc5)cc4)C(=O)[C@@H]3[C@@H]2C[C@H]2C(=O)N(c3ccc(F)c(Cl)c3)C(=O)[C@@]12C. The lowest BCUT2D eigenvalue weighted by Gasteiger charge is -2.49. The molecule has 51 heavy (non-hydrogen) atoms. The van der Waals surface area contributed by atoms with E-state index in [4.69, 9.17) is 16.3 Å². The number of hydrogen-bond acceptors (Lipinski definition) is 7. The molecule has 2 aliphatic carbocycles. The molecule has 8 rings (SSSR count). The summed E-state index contributed by atoms with van der Waals surface area (Å²) in [4.78, 5) is 59.8. The molecule has 0 unspecified atom stereocenters. The summed E-state index contributed by atoms with van der Waals surface area (Å²) in [7, 11) is 1.45. The Balaban J connectivity index is 1.20. The standard InChI is InChI=1S/C40H33ClFN3O6/c1-40-28(37(48)45(39(40)50)24-15-18-30(42)29(41)19-24)20-27-25(35(40)34-31(46)9-6-10-32(34)51-2)16-17-26-33(27)38(49)44(36(26)47)23-13-11-22(12-14-23)43-21-7-4-3-5-8-21/h3-16,18-19,26-28,33,35,43,46H,17,20H2,1-2H3/t26-,27+,28-,33-,35+,40+/m0/s1. The molecule has 2 aliphatic heterocycles. The summed E-state index contributed by atoms with van der Waals surface area (Å²) >= 11 is 6.10. The van der Waals surface area contributed by atoms with Crippen molar-refractivity contribution >= 4 is 58.0 Å². The molecular weight excluding hydrogens is 673 g/mol. The lowest BCUT2D eigenvalue weighted by Crippen LogP contribution is -2.49. The minimum absolute atomic E-state index is 0.110. The molecule has 3 fully saturated rings. The van der Waals surface area contributed by atoms with Crippen LogP contribution in [-0.2, 0) is 19.2 Å². The van der Waals surface area contributed by atoms with Crippen LogP contribution in [0.3, 0.4) is 0 Å². The predicted octanol–water partition coefficient (Wildman–Crippen LogP) is 7.37. The van der Waals surface area contributed by atoms with Gasteiger partial charge in [-0.25, -0.2) is 9.29 Å². The minimum atomic E-state index is -1.44. The van der Waals surface area contributed by atoms with E-state index in [0.717, 1.165) is 22.3 Å². The fraction of sp³-hybridized carbons (Fsp3) is 0.250. The fourth-order valence-corrected chi connectivity index (χ4v) is 9.01. The topological polar surface area (TPSA) is 116 Å². The van der Waals surface area contributed by atoms with E-state index >= 15 is 0 Å². The van der Waals surface area contributed by atoms with E-state index in [1.165, 1.54) is 30.2 Å². The third-order valence-corrected chi connectivity index (χ3v) is 11.5. The van der Waals surface area contributed by atoms with Gasteiger partial charge in [0, 0.05) is 22.9 Å². The number of benzene rings is 4. The van der Waals surface area contributed by atoms with Crippen molar-refractivity contribution in [2.24, 2.45) is 29.1 Å². The largest absolute Gasteiger partial charge is 0.508 e.